The molecule has 5 nitrogen and oxygen atoms in total. The van der Waals surface area contributed by atoms with Gasteiger partial charge in [-0.05, 0) is 45.6 Å². The fourth-order valence-electron chi connectivity index (χ4n) is 3.35. The molecule has 1 N–H and O–H groups in total. The SMILES string of the molecule is C/C1=C\C=C\C(=O)O[C@H](CO)C/C(C)=C/[C@@H]2CCC[C@H](C/C=C/C(=O)C1)O2. The van der Waals surface area contributed by atoms with E-state index in [0.717, 1.165) is 36.8 Å². The number of carbonyl (C=O) groups excluding carboxylic acids is 2. The Morgan fingerprint density at radius 1 is 1.15 bits per heavy atom. The van der Waals surface area contributed by atoms with Gasteiger partial charge in [-0.2, -0.15) is 0 Å². The van der Waals surface area contributed by atoms with Crippen molar-refractivity contribution in [1.29, 1.82) is 0 Å². The summed E-state index contributed by atoms with van der Waals surface area (Å²) in [7, 11) is 0. The van der Waals surface area contributed by atoms with Gasteiger partial charge in [0, 0.05) is 18.9 Å². The average molecular weight is 374 g/mol. The summed E-state index contributed by atoms with van der Waals surface area (Å²) < 4.78 is 11.4. The largest absolute Gasteiger partial charge is 0.456 e. The van der Waals surface area contributed by atoms with Crippen LogP contribution in [0.2, 0.25) is 0 Å². The maximum atomic E-state index is 12.0. The van der Waals surface area contributed by atoms with Crippen molar-refractivity contribution in [1.82, 2.24) is 0 Å². The van der Waals surface area contributed by atoms with E-state index in [-0.39, 0.29) is 24.6 Å². The van der Waals surface area contributed by atoms with Crippen molar-refractivity contribution in [3.63, 3.8) is 0 Å². The normalized spacial score (nSPS) is 34.9. The monoisotopic (exact) mass is 374 g/mol. The van der Waals surface area contributed by atoms with E-state index in [2.05, 4.69) is 6.08 Å². The van der Waals surface area contributed by atoms with E-state index in [4.69, 9.17) is 9.47 Å². The Morgan fingerprint density at radius 2 is 1.96 bits per heavy atom. The second-order valence-electron chi connectivity index (χ2n) is 7.34. The number of rotatable bonds is 1. The molecule has 3 atom stereocenters. The number of cyclic esters (lactones) is 1. The molecular formula is C22H30O5. The highest BCUT2D eigenvalue weighted by atomic mass is 16.5. The Kier molecular flexibility index (Phi) is 8.69. The van der Waals surface area contributed by atoms with E-state index < -0.39 is 12.1 Å². The van der Waals surface area contributed by atoms with Gasteiger partial charge in [-0.3, -0.25) is 4.79 Å². The Labute approximate surface area is 161 Å². The van der Waals surface area contributed by atoms with E-state index in [0.29, 0.717) is 12.8 Å². The van der Waals surface area contributed by atoms with Gasteiger partial charge in [-0.1, -0.05) is 35.5 Å². The maximum absolute atomic E-state index is 12.0. The molecule has 0 saturated carbocycles. The first-order valence-corrected chi connectivity index (χ1v) is 9.63. The summed E-state index contributed by atoms with van der Waals surface area (Å²) in [6.45, 7) is 3.58. The topological polar surface area (TPSA) is 72.8 Å². The molecule has 27 heavy (non-hydrogen) atoms. The number of hydrogen-bond acceptors (Lipinski definition) is 5. The lowest BCUT2D eigenvalue weighted by molar-refractivity contribution is -0.144. The molecule has 2 aliphatic rings. The van der Waals surface area contributed by atoms with Gasteiger partial charge in [0.1, 0.15) is 6.10 Å². The number of aliphatic hydroxyl groups excluding tert-OH is 1. The fraction of sp³-hybridized carbons (Fsp3) is 0.545. The van der Waals surface area contributed by atoms with Crippen LogP contribution in [-0.4, -0.2) is 41.8 Å². The van der Waals surface area contributed by atoms with Crippen LogP contribution in [0.4, 0.5) is 0 Å². The molecule has 0 aromatic heterocycles. The predicted molar refractivity (Wildman–Crippen MR) is 104 cm³/mol. The number of aliphatic hydroxyl groups is 1. The predicted octanol–water partition coefficient (Wildman–Crippen LogP) is 3.59. The van der Waals surface area contributed by atoms with Gasteiger partial charge in [0.2, 0.25) is 0 Å². The number of allylic oxidation sites excluding steroid dienone is 4. The molecule has 0 aromatic rings. The number of ketones is 1. The summed E-state index contributed by atoms with van der Waals surface area (Å²) in [4.78, 5) is 24.0. The molecule has 0 amide bonds. The fourth-order valence-corrected chi connectivity index (χ4v) is 3.35. The Balaban J connectivity index is 2.16. The Morgan fingerprint density at radius 3 is 2.74 bits per heavy atom. The van der Waals surface area contributed by atoms with Crippen LogP contribution in [0.25, 0.3) is 0 Å². The van der Waals surface area contributed by atoms with Crippen molar-refractivity contribution in [2.75, 3.05) is 6.61 Å². The molecule has 2 heterocycles. The lowest BCUT2D eigenvalue weighted by Gasteiger charge is -2.28. The zero-order valence-corrected chi connectivity index (χ0v) is 16.2. The van der Waals surface area contributed by atoms with Gasteiger partial charge in [-0.15, -0.1) is 0 Å². The van der Waals surface area contributed by atoms with Crippen molar-refractivity contribution in [3.8, 4) is 0 Å². The third-order valence-corrected chi connectivity index (χ3v) is 4.66. The molecule has 2 rings (SSSR count). The van der Waals surface area contributed by atoms with Gasteiger partial charge in [0.25, 0.3) is 0 Å². The molecule has 1 saturated heterocycles. The number of hydrogen-bond donors (Lipinski definition) is 1. The second-order valence-corrected chi connectivity index (χ2v) is 7.34. The molecule has 0 aromatic carbocycles. The number of ether oxygens (including phenoxy) is 2. The van der Waals surface area contributed by atoms with Gasteiger partial charge in [0.05, 0.1) is 18.8 Å². The van der Waals surface area contributed by atoms with Gasteiger partial charge >= 0.3 is 5.97 Å². The standard InChI is InChI=1S/C22H30O5/c1-16-6-3-11-22(25)27-21(15-23)14-17(2)13-20-10-5-9-19(26-20)8-4-7-18(24)12-16/h3-4,6-7,11,13,19-21,23H,5,8-10,12,14-15H2,1-2H3/b7-4+,11-3+,16-6+,17-13+/t19-,20-,21-/m0/s1. The molecule has 2 bridgehead atoms. The minimum absolute atomic E-state index is 0.0202. The summed E-state index contributed by atoms with van der Waals surface area (Å²) in [6.07, 6.45) is 14.3. The summed E-state index contributed by atoms with van der Waals surface area (Å²) in [6, 6.07) is 0. The first kappa shape index (κ1) is 21.3. The molecule has 148 valence electrons. The zero-order chi connectivity index (χ0) is 19.6. The molecule has 0 spiro atoms. The van der Waals surface area contributed by atoms with Crippen LogP contribution in [0.15, 0.2) is 47.6 Å². The van der Waals surface area contributed by atoms with Crippen LogP contribution in [-0.2, 0) is 19.1 Å². The Bertz CT molecular complexity index is 641. The van der Waals surface area contributed by atoms with Crippen molar-refractivity contribution < 1.29 is 24.2 Å². The molecule has 0 aliphatic carbocycles. The third kappa shape index (κ3) is 8.06. The van der Waals surface area contributed by atoms with Crippen LogP contribution in [0.1, 0.15) is 52.4 Å². The van der Waals surface area contributed by atoms with Crippen LogP contribution in [0.3, 0.4) is 0 Å². The van der Waals surface area contributed by atoms with Crippen molar-refractivity contribution in [3.05, 3.63) is 47.6 Å². The minimum Gasteiger partial charge on any atom is -0.456 e. The lowest BCUT2D eigenvalue weighted by atomic mass is 9.99. The Hall–Kier alpha value is -1.98. The van der Waals surface area contributed by atoms with Crippen molar-refractivity contribution in [2.24, 2.45) is 0 Å². The first-order valence-electron chi connectivity index (χ1n) is 9.63. The number of esters is 1. The molecule has 0 unspecified atom stereocenters. The average Bonchev–Trinajstić information content (AvgIpc) is 2.60. The van der Waals surface area contributed by atoms with Gasteiger partial charge in [-0.25, -0.2) is 4.79 Å². The summed E-state index contributed by atoms with van der Waals surface area (Å²) >= 11 is 0. The maximum Gasteiger partial charge on any atom is 0.331 e. The molecule has 1 fully saturated rings. The second kappa shape index (κ2) is 11.0. The summed E-state index contributed by atoms with van der Waals surface area (Å²) in [5.74, 6) is -0.475. The van der Waals surface area contributed by atoms with Gasteiger partial charge in [0.15, 0.2) is 5.78 Å². The first-order chi connectivity index (χ1) is 13.0. The van der Waals surface area contributed by atoms with Crippen LogP contribution < -0.4 is 0 Å². The zero-order valence-electron chi connectivity index (χ0n) is 16.2. The highest BCUT2D eigenvalue weighted by Crippen LogP contribution is 2.24. The van der Waals surface area contributed by atoms with Crippen molar-refractivity contribution in [2.45, 2.75) is 70.7 Å². The van der Waals surface area contributed by atoms with Crippen LogP contribution >= 0.6 is 0 Å². The van der Waals surface area contributed by atoms with E-state index in [1.807, 2.05) is 19.9 Å². The molecule has 2 aliphatic heterocycles. The molecular weight excluding hydrogens is 344 g/mol. The van der Waals surface area contributed by atoms with Gasteiger partial charge < -0.3 is 14.6 Å². The van der Waals surface area contributed by atoms with E-state index in [1.54, 1.807) is 18.2 Å². The summed E-state index contributed by atoms with van der Waals surface area (Å²) in [5.41, 5.74) is 1.89. The van der Waals surface area contributed by atoms with Crippen molar-refractivity contribution >= 4 is 11.8 Å². The minimum atomic E-state index is -0.578. The highest BCUT2D eigenvalue weighted by molar-refractivity contribution is 5.91. The lowest BCUT2D eigenvalue weighted by Crippen LogP contribution is -2.26. The summed E-state index contributed by atoms with van der Waals surface area (Å²) in [5, 5.41) is 9.51. The van der Waals surface area contributed by atoms with Crippen LogP contribution in [0.5, 0.6) is 0 Å². The van der Waals surface area contributed by atoms with Crippen LogP contribution in [0, 0.1) is 0 Å². The quantitative estimate of drug-likeness (QED) is 0.561. The molecule has 0 radical (unpaired) electrons. The smallest absolute Gasteiger partial charge is 0.331 e. The van der Waals surface area contributed by atoms with E-state index in [9.17, 15) is 14.7 Å². The van der Waals surface area contributed by atoms with E-state index in [1.165, 1.54) is 6.08 Å². The third-order valence-electron chi connectivity index (χ3n) is 4.66. The number of fused-ring (bicyclic) bond motifs is 2. The van der Waals surface area contributed by atoms with E-state index >= 15 is 0 Å². The highest BCUT2D eigenvalue weighted by Gasteiger charge is 2.21. The molecule has 5 heteroatoms. The number of carbonyl (C=O) groups is 2.